The highest BCUT2D eigenvalue weighted by molar-refractivity contribution is 9.09. The summed E-state index contributed by atoms with van der Waals surface area (Å²) in [6.45, 7) is 0.326. The summed E-state index contributed by atoms with van der Waals surface area (Å²) in [5.41, 5.74) is 1.67. The minimum absolute atomic E-state index is 0.240. The van der Waals surface area contributed by atoms with Crippen molar-refractivity contribution < 1.29 is 9.53 Å². The Bertz CT molecular complexity index is 477. The van der Waals surface area contributed by atoms with Gasteiger partial charge in [-0.1, -0.05) is 64.5 Å². The lowest BCUT2D eigenvalue weighted by atomic mass is 10.1. The van der Waals surface area contributed by atoms with Crippen LogP contribution in [-0.2, 0) is 16.1 Å². The number of halogens is 1. The molecule has 2 nitrogen and oxygen atoms in total. The molecular weight excluding hydrogens is 304 g/mol. The van der Waals surface area contributed by atoms with Crippen molar-refractivity contribution >= 4 is 21.9 Å². The van der Waals surface area contributed by atoms with Crippen LogP contribution in [0.2, 0.25) is 0 Å². The van der Waals surface area contributed by atoms with E-state index in [-0.39, 0.29) is 5.97 Å². The number of rotatable bonds is 4. The molecule has 0 radical (unpaired) electrons. The quantitative estimate of drug-likeness (QED) is 0.618. The predicted molar refractivity (Wildman–Crippen MR) is 80.0 cm³/mol. The fourth-order valence-electron chi connectivity index (χ4n) is 1.93. The van der Waals surface area contributed by atoms with E-state index in [1.807, 2.05) is 42.5 Å². The largest absolute Gasteiger partial charge is 0.457 e. The van der Waals surface area contributed by atoms with E-state index in [4.69, 9.17) is 4.74 Å². The summed E-state index contributed by atoms with van der Waals surface area (Å²) in [5, 5.41) is 0.959. The van der Waals surface area contributed by atoms with Crippen LogP contribution < -0.4 is 0 Å². The predicted octanol–water partition coefficient (Wildman–Crippen LogP) is 4.02. The second-order valence-corrected chi connectivity index (χ2v) is 5.26. The van der Waals surface area contributed by atoms with Gasteiger partial charge in [-0.3, -0.25) is 0 Å². The van der Waals surface area contributed by atoms with Crippen molar-refractivity contribution in [1.82, 2.24) is 0 Å². The Kier molecular flexibility index (Phi) is 5.40. The fraction of sp³-hybridized carbons (Fsp3) is 0.312. The summed E-state index contributed by atoms with van der Waals surface area (Å²) < 4.78 is 5.32. The van der Waals surface area contributed by atoms with Gasteiger partial charge in [0.05, 0.1) is 5.57 Å². The average Bonchev–Trinajstić information content (AvgIpc) is 2.71. The van der Waals surface area contributed by atoms with Crippen molar-refractivity contribution in [2.45, 2.75) is 19.4 Å². The third-order valence-electron chi connectivity index (χ3n) is 3.10. The number of carbonyl (C=O) groups is 1. The van der Waals surface area contributed by atoms with Crippen molar-refractivity contribution in [3.8, 4) is 0 Å². The average molecular weight is 321 g/mol. The highest BCUT2D eigenvalue weighted by Gasteiger charge is 2.13. The zero-order valence-electron chi connectivity index (χ0n) is 10.7. The molecule has 0 fully saturated rings. The third-order valence-corrected chi connectivity index (χ3v) is 4.02. The number of carbonyl (C=O) groups excluding carboxylic acids is 1. The number of esters is 1. The van der Waals surface area contributed by atoms with Gasteiger partial charge in [-0.25, -0.2) is 4.79 Å². The summed E-state index contributed by atoms with van der Waals surface area (Å²) in [4.78, 5) is 12.0. The molecule has 2 rings (SSSR count). The SMILES string of the molecule is O=C(OCc1ccccc1)C1=CC[C@@H](CBr)CC=C1. The van der Waals surface area contributed by atoms with E-state index in [1.54, 1.807) is 0 Å². The number of hydrogen-bond acceptors (Lipinski definition) is 2. The van der Waals surface area contributed by atoms with Gasteiger partial charge in [0.2, 0.25) is 0 Å². The molecule has 0 aliphatic heterocycles. The number of ether oxygens (including phenoxy) is 1. The molecule has 0 unspecified atom stereocenters. The van der Waals surface area contributed by atoms with Gasteiger partial charge in [0.15, 0.2) is 0 Å². The lowest BCUT2D eigenvalue weighted by Gasteiger charge is -2.06. The molecule has 100 valence electrons. The van der Waals surface area contributed by atoms with Crippen LogP contribution in [0.1, 0.15) is 18.4 Å². The second-order valence-electron chi connectivity index (χ2n) is 4.62. The van der Waals surface area contributed by atoms with Gasteiger partial charge < -0.3 is 4.74 Å². The number of hydrogen-bond donors (Lipinski definition) is 0. The first-order valence-corrected chi connectivity index (χ1v) is 7.55. The minimum Gasteiger partial charge on any atom is -0.457 e. The normalized spacial score (nSPS) is 18.6. The molecule has 1 aliphatic rings. The van der Waals surface area contributed by atoms with Gasteiger partial charge in [-0.05, 0) is 24.3 Å². The van der Waals surface area contributed by atoms with Crippen LogP contribution in [0.15, 0.2) is 54.1 Å². The highest BCUT2D eigenvalue weighted by atomic mass is 79.9. The highest BCUT2D eigenvalue weighted by Crippen LogP contribution is 2.20. The van der Waals surface area contributed by atoms with Crippen molar-refractivity contribution in [1.29, 1.82) is 0 Å². The number of allylic oxidation sites excluding steroid dienone is 2. The molecule has 3 heteroatoms. The maximum absolute atomic E-state index is 12.0. The zero-order valence-corrected chi connectivity index (χ0v) is 12.3. The molecule has 0 spiro atoms. The molecule has 0 bridgehead atoms. The summed E-state index contributed by atoms with van der Waals surface area (Å²) in [7, 11) is 0. The number of alkyl halides is 1. The molecule has 1 aromatic carbocycles. The van der Waals surface area contributed by atoms with Gasteiger partial charge in [0.25, 0.3) is 0 Å². The summed E-state index contributed by atoms with van der Waals surface area (Å²) >= 11 is 3.48. The number of benzene rings is 1. The Hall–Kier alpha value is -1.35. The maximum Gasteiger partial charge on any atom is 0.338 e. The van der Waals surface area contributed by atoms with E-state index in [1.165, 1.54) is 0 Å². The van der Waals surface area contributed by atoms with Crippen LogP contribution in [0.3, 0.4) is 0 Å². The molecular formula is C16H17BrO2. The lowest BCUT2D eigenvalue weighted by Crippen LogP contribution is -2.06. The first kappa shape index (κ1) is 14.1. The monoisotopic (exact) mass is 320 g/mol. The topological polar surface area (TPSA) is 26.3 Å². The van der Waals surface area contributed by atoms with E-state index >= 15 is 0 Å². The van der Waals surface area contributed by atoms with Crippen molar-refractivity contribution in [2.75, 3.05) is 5.33 Å². The Morgan fingerprint density at radius 2 is 2.05 bits per heavy atom. The van der Waals surface area contributed by atoms with Crippen LogP contribution >= 0.6 is 15.9 Å². The Morgan fingerprint density at radius 1 is 1.26 bits per heavy atom. The first-order chi connectivity index (χ1) is 9.29. The molecule has 1 aliphatic carbocycles. The van der Waals surface area contributed by atoms with Gasteiger partial charge in [-0.2, -0.15) is 0 Å². The van der Waals surface area contributed by atoms with Crippen LogP contribution in [0.5, 0.6) is 0 Å². The second kappa shape index (κ2) is 7.29. The van der Waals surface area contributed by atoms with Crippen molar-refractivity contribution in [3.05, 3.63) is 59.7 Å². The van der Waals surface area contributed by atoms with Gasteiger partial charge in [0.1, 0.15) is 6.61 Å². The molecule has 0 heterocycles. The Morgan fingerprint density at radius 3 is 2.79 bits per heavy atom. The van der Waals surface area contributed by atoms with Crippen LogP contribution in [-0.4, -0.2) is 11.3 Å². The van der Waals surface area contributed by atoms with E-state index in [2.05, 4.69) is 22.0 Å². The van der Waals surface area contributed by atoms with Gasteiger partial charge >= 0.3 is 5.97 Å². The van der Waals surface area contributed by atoms with Crippen molar-refractivity contribution in [2.24, 2.45) is 5.92 Å². The summed E-state index contributed by atoms with van der Waals surface area (Å²) in [5.74, 6) is 0.325. The van der Waals surface area contributed by atoms with E-state index in [9.17, 15) is 4.79 Å². The van der Waals surface area contributed by atoms with E-state index in [0.29, 0.717) is 18.1 Å². The molecule has 0 aromatic heterocycles. The molecule has 19 heavy (non-hydrogen) atoms. The molecule has 1 aromatic rings. The molecule has 0 N–H and O–H groups in total. The van der Waals surface area contributed by atoms with E-state index in [0.717, 1.165) is 23.7 Å². The Balaban J connectivity index is 1.91. The van der Waals surface area contributed by atoms with Crippen LogP contribution in [0.4, 0.5) is 0 Å². The molecule has 0 saturated carbocycles. The maximum atomic E-state index is 12.0. The minimum atomic E-state index is -0.240. The molecule has 1 atom stereocenters. The third kappa shape index (κ3) is 4.35. The fourth-order valence-corrected chi connectivity index (χ4v) is 2.46. The van der Waals surface area contributed by atoms with E-state index < -0.39 is 0 Å². The van der Waals surface area contributed by atoms with Gasteiger partial charge in [-0.15, -0.1) is 0 Å². The van der Waals surface area contributed by atoms with Gasteiger partial charge in [0, 0.05) is 5.33 Å². The molecule has 0 amide bonds. The smallest absolute Gasteiger partial charge is 0.338 e. The van der Waals surface area contributed by atoms with Crippen molar-refractivity contribution in [3.63, 3.8) is 0 Å². The first-order valence-electron chi connectivity index (χ1n) is 6.43. The van der Waals surface area contributed by atoms with Crippen LogP contribution in [0.25, 0.3) is 0 Å². The standard InChI is InChI=1S/C16H17BrO2/c17-11-13-7-4-8-15(10-9-13)16(18)19-12-14-5-2-1-3-6-14/h1-6,8,10,13H,7,9,11-12H2/t13-/m0/s1. The summed E-state index contributed by atoms with van der Waals surface area (Å²) in [6.07, 6.45) is 7.80. The zero-order chi connectivity index (χ0) is 13.5. The Labute approximate surface area is 122 Å². The van der Waals surface area contributed by atoms with Crippen LogP contribution in [0, 0.1) is 5.92 Å². The molecule has 0 saturated heterocycles. The summed E-state index contributed by atoms with van der Waals surface area (Å²) in [6, 6.07) is 9.72. The lowest BCUT2D eigenvalue weighted by molar-refractivity contribution is -0.139.